The summed E-state index contributed by atoms with van der Waals surface area (Å²) in [4.78, 5) is 47.6. The van der Waals surface area contributed by atoms with Crippen LogP contribution in [0.25, 0.3) is 0 Å². The molecular weight excluding hydrogens is 494 g/mol. The molecule has 0 saturated carbocycles. The van der Waals surface area contributed by atoms with Gasteiger partial charge in [-0.15, -0.1) is 28.2 Å². The molecule has 14 nitrogen and oxygen atoms in total. The molecule has 1 fully saturated rings. The summed E-state index contributed by atoms with van der Waals surface area (Å²) in [7, 11) is 2.95. The Morgan fingerprint density at radius 1 is 1.48 bits per heavy atom. The summed E-state index contributed by atoms with van der Waals surface area (Å²) in [6.07, 6.45) is 0. The van der Waals surface area contributed by atoms with Crippen LogP contribution in [-0.4, -0.2) is 88.7 Å². The fourth-order valence-corrected chi connectivity index (χ4v) is 6.07. The average molecular weight is 512 g/mol. The van der Waals surface area contributed by atoms with Crippen molar-refractivity contribution >= 4 is 63.5 Å². The standard InChI is InChI=1S/C16H17N9O5S3/c1-24-16(20-22-23-24)33-4-6-3-31-13-9(12(27)25(13)10(6)14(28)29)19-11(26)8(21-30-2)7-5-32-15(17)18-7/h5,9,13H,3-4H2,1-2H3,(H2,17,18)(H,19,26)(H,28,29)/t9-,13+/m1/s1. The molecule has 0 unspecified atom stereocenters. The molecule has 1 saturated heterocycles. The van der Waals surface area contributed by atoms with E-state index < -0.39 is 29.2 Å². The Bertz CT molecular complexity index is 1180. The molecule has 2 aromatic rings. The number of β-lactam (4-membered cyclic amide) rings is 1. The van der Waals surface area contributed by atoms with E-state index in [1.807, 2.05) is 0 Å². The molecule has 0 aliphatic carbocycles. The van der Waals surface area contributed by atoms with Crippen molar-refractivity contribution in [3.63, 3.8) is 0 Å². The summed E-state index contributed by atoms with van der Waals surface area (Å²) in [5.41, 5.74) is 6.17. The molecule has 33 heavy (non-hydrogen) atoms. The van der Waals surface area contributed by atoms with Gasteiger partial charge in [-0.1, -0.05) is 16.9 Å². The molecule has 0 aromatic carbocycles. The number of nitrogens with one attached hydrogen (secondary N) is 1. The highest BCUT2D eigenvalue weighted by molar-refractivity contribution is 8.01. The number of carbonyl (C=O) groups excluding carboxylic acids is 2. The van der Waals surface area contributed by atoms with Crippen LogP contribution >= 0.6 is 34.9 Å². The van der Waals surface area contributed by atoms with Crippen molar-refractivity contribution in [1.82, 2.24) is 35.4 Å². The minimum absolute atomic E-state index is 0.0880. The quantitative estimate of drug-likeness (QED) is 0.172. The summed E-state index contributed by atoms with van der Waals surface area (Å²) < 4.78 is 1.47. The number of amides is 2. The van der Waals surface area contributed by atoms with Gasteiger partial charge >= 0.3 is 5.97 Å². The minimum Gasteiger partial charge on any atom is -0.477 e. The number of rotatable bonds is 8. The first-order valence-electron chi connectivity index (χ1n) is 9.20. The van der Waals surface area contributed by atoms with Crippen LogP contribution in [0.4, 0.5) is 5.13 Å². The number of aryl methyl sites for hydroxylation is 1. The van der Waals surface area contributed by atoms with Crippen molar-refractivity contribution in [1.29, 1.82) is 0 Å². The van der Waals surface area contributed by atoms with Gasteiger partial charge in [-0.2, -0.15) is 0 Å². The second-order valence-corrected chi connectivity index (χ2v) is 9.62. The summed E-state index contributed by atoms with van der Waals surface area (Å²) in [6, 6.07) is -0.924. The SMILES string of the molecule is CON=C(C(=O)N[C@@H]1C(=O)N2C(C(=O)O)=C(CSc3nnnn3C)CS[C@@H]12)c1csc(N)n1. The lowest BCUT2D eigenvalue weighted by Gasteiger charge is -2.49. The number of thioether (sulfide) groups is 2. The first-order chi connectivity index (χ1) is 15.8. The minimum atomic E-state index is -1.22. The van der Waals surface area contributed by atoms with Crippen LogP contribution in [0.3, 0.4) is 0 Å². The maximum Gasteiger partial charge on any atom is 0.352 e. The number of oxime groups is 1. The lowest BCUT2D eigenvalue weighted by molar-refractivity contribution is -0.150. The van der Waals surface area contributed by atoms with Crippen molar-refractivity contribution in [3.05, 3.63) is 22.3 Å². The second-order valence-electron chi connectivity index (χ2n) is 6.69. The number of fused-ring (bicyclic) bond motifs is 1. The van der Waals surface area contributed by atoms with E-state index in [1.54, 1.807) is 12.4 Å². The Morgan fingerprint density at radius 3 is 2.88 bits per heavy atom. The van der Waals surface area contributed by atoms with E-state index in [0.717, 1.165) is 11.3 Å². The van der Waals surface area contributed by atoms with Gasteiger partial charge in [-0.25, -0.2) is 14.5 Å². The summed E-state index contributed by atoms with van der Waals surface area (Å²) in [5.74, 6) is -1.77. The number of aliphatic carboxylic acids is 1. The van der Waals surface area contributed by atoms with Crippen molar-refractivity contribution in [3.8, 4) is 0 Å². The lowest BCUT2D eigenvalue weighted by atomic mass is 10.0. The maximum atomic E-state index is 12.9. The zero-order chi connectivity index (χ0) is 23.7. The van der Waals surface area contributed by atoms with E-state index in [4.69, 9.17) is 10.6 Å². The first kappa shape index (κ1) is 23.0. The predicted molar refractivity (Wildman–Crippen MR) is 119 cm³/mol. The maximum absolute atomic E-state index is 12.9. The molecule has 0 radical (unpaired) electrons. The molecule has 2 aromatic heterocycles. The Kier molecular flexibility index (Phi) is 6.52. The van der Waals surface area contributed by atoms with Crippen molar-refractivity contribution in [2.75, 3.05) is 24.3 Å². The molecule has 174 valence electrons. The van der Waals surface area contributed by atoms with Crippen LogP contribution in [0.2, 0.25) is 0 Å². The van der Waals surface area contributed by atoms with Crippen LogP contribution in [0, 0.1) is 0 Å². The van der Waals surface area contributed by atoms with E-state index >= 15 is 0 Å². The number of carboxylic acids is 1. The molecule has 4 heterocycles. The van der Waals surface area contributed by atoms with Gasteiger partial charge in [0.1, 0.15) is 29.9 Å². The van der Waals surface area contributed by atoms with Gasteiger partial charge in [0, 0.05) is 23.9 Å². The van der Waals surface area contributed by atoms with Crippen LogP contribution < -0.4 is 11.1 Å². The number of aromatic nitrogens is 5. The number of anilines is 1. The molecule has 0 bridgehead atoms. The predicted octanol–water partition coefficient (Wildman–Crippen LogP) is -0.870. The normalized spacial score (nSPS) is 20.4. The van der Waals surface area contributed by atoms with Gasteiger partial charge in [-0.05, 0) is 16.0 Å². The summed E-state index contributed by atoms with van der Waals surface area (Å²) >= 11 is 3.75. The lowest BCUT2D eigenvalue weighted by Crippen LogP contribution is -2.71. The van der Waals surface area contributed by atoms with Crippen LogP contribution in [0.5, 0.6) is 0 Å². The molecule has 2 aliphatic heterocycles. The largest absolute Gasteiger partial charge is 0.477 e. The molecular formula is C16H17N9O5S3. The summed E-state index contributed by atoms with van der Waals surface area (Å²) in [6.45, 7) is 0. The molecule has 17 heteroatoms. The van der Waals surface area contributed by atoms with Gasteiger partial charge in [0.25, 0.3) is 11.8 Å². The van der Waals surface area contributed by atoms with Gasteiger partial charge in [0.15, 0.2) is 10.8 Å². The molecule has 2 amide bonds. The Hall–Kier alpha value is -3.18. The highest BCUT2D eigenvalue weighted by Gasteiger charge is 2.54. The smallest absolute Gasteiger partial charge is 0.352 e. The number of nitrogen functional groups attached to an aromatic ring is 1. The first-order valence-corrected chi connectivity index (χ1v) is 12.1. The number of nitrogens with zero attached hydrogens (tertiary/aromatic N) is 7. The van der Waals surface area contributed by atoms with Gasteiger partial charge < -0.3 is 21.0 Å². The van der Waals surface area contributed by atoms with Crippen molar-refractivity contribution in [2.24, 2.45) is 12.2 Å². The van der Waals surface area contributed by atoms with E-state index in [2.05, 4.69) is 31.0 Å². The number of hydrogen-bond acceptors (Lipinski definition) is 13. The Morgan fingerprint density at radius 2 is 2.27 bits per heavy atom. The van der Waals surface area contributed by atoms with E-state index in [0.29, 0.717) is 22.2 Å². The topological polar surface area (TPSA) is 191 Å². The van der Waals surface area contributed by atoms with E-state index in [-0.39, 0.29) is 22.2 Å². The number of carbonyl (C=O) groups is 3. The molecule has 0 spiro atoms. The summed E-state index contributed by atoms with van der Waals surface area (Å²) in [5, 5.41) is 29.0. The zero-order valence-electron chi connectivity index (χ0n) is 17.2. The number of thiazole rings is 1. The third-order valence-electron chi connectivity index (χ3n) is 4.66. The molecule has 4 rings (SSSR count). The molecule has 4 N–H and O–H groups in total. The average Bonchev–Trinajstić information content (AvgIpc) is 3.40. The van der Waals surface area contributed by atoms with Gasteiger partial charge in [0.2, 0.25) is 5.16 Å². The highest BCUT2D eigenvalue weighted by Crippen LogP contribution is 2.41. The molecule has 2 aliphatic rings. The fraction of sp³-hybridized carbons (Fsp3) is 0.375. The third-order valence-corrected chi connectivity index (χ3v) is 7.77. The Balaban J connectivity index is 1.49. The zero-order valence-corrected chi connectivity index (χ0v) is 19.6. The monoisotopic (exact) mass is 511 g/mol. The van der Waals surface area contributed by atoms with Crippen LogP contribution in [-0.2, 0) is 26.3 Å². The highest BCUT2D eigenvalue weighted by atomic mass is 32.2. The van der Waals surface area contributed by atoms with Crippen molar-refractivity contribution < 1.29 is 24.3 Å². The number of nitrogens with two attached hydrogens (primary N) is 1. The van der Waals surface area contributed by atoms with Gasteiger partial charge in [0.05, 0.1) is 0 Å². The van der Waals surface area contributed by atoms with Crippen molar-refractivity contribution in [2.45, 2.75) is 16.6 Å². The fourth-order valence-electron chi connectivity index (χ4n) is 3.19. The van der Waals surface area contributed by atoms with Gasteiger partial charge in [-0.3, -0.25) is 14.5 Å². The number of hydrogen-bond donors (Lipinski definition) is 3. The molecule has 2 atom stereocenters. The number of tetrazole rings is 1. The third kappa shape index (κ3) is 4.38. The number of carboxylic acid groups (broad SMARTS) is 1. The van der Waals surface area contributed by atoms with E-state index in [9.17, 15) is 19.5 Å². The Labute approximate surface area is 198 Å². The van der Waals surface area contributed by atoms with E-state index in [1.165, 1.54) is 40.2 Å². The van der Waals surface area contributed by atoms with Crippen LogP contribution in [0.1, 0.15) is 5.69 Å². The van der Waals surface area contributed by atoms with Crippen LogP contribution in [0.15, 0.2) is 27.0 Å². The second kappa shape index (κ2) is 9.36.